The maximum atomic E-state index is 12.0. The molecule has 0 unspecified atom stereocenters. The molecule has 104 valence electrons. The van der Waals surface area contributed by atoms with Crippen LogP contribution in [-0.2, 0) is 10.5 Å². The third-order valence-corrected chi connectivity index (χ3v) is 4.42. The molecule has 1 saturated heterocycles. The van der Waals surface area contributed by atoms with Crippen LogP contribution in [0.15, 0.2) is 18.2 Å². The van der Waals surface area contributed by atoms with Gasteiger partial charge < -0.3 is 10.2 Å². The van der Waals surface area contributed by atoms with Gasteiger partial charge in [-0.1, -0.05) is 23.8 Å². The van der Waals surface area contributed by atoms with Gasteiger partial charge in [-0.3, -0.25) is 4.79 Å². The summed E-state index contributed by atoms with van der Waals surface area (Å²) in [6.07, 6.45) is 0. The number of benzene rings is 1. The maximum Gasteiger partial charge on any atom is 0.232 e. The smallest absolute Gasteiger partial charge is 0.232 e. The van der Waals surface area contributed by atoms with Crippen LogP contribution in [-0.4, -0.2) is 42.7 Å². The fourth-order valence-electron chi connectivity index (χ4n) is 2.26. The molecule has 0 saturated carbocycles. The molecular formula is C15H22N2OS. The molecular weight excluding hydrogens is 256 g/mol. The third-order valence-electron chi connectivity index (χ3n) is 3.45. The highest BCUT2D eigenvalue weighted by atomic mass is 32.2. The largest absolute Gasteiger partial charge is 0.339 e. The van der Waals surface area contributed by atoms with E-state index in [1.165, 1.54) is 16.7 Å². The van der Waals surface area contributed by atoms with Crippen LogP contribution in [0, 0.1) is 13.8 Å². The maximum absolute atomic E-state index is 12.0. The van der Waals surface area contributed by atoms with Gasteiger partial charge in [-0.15, -0.1) is 11.8 Å². The lowest BCUT2D eigenvalue weighted by atomic mass is 10.1. The van der Waals surface area contributed by atoms with Gasteiger partial charge >= 0.3 is 0 Å². The fraction of sp³-hybridized carbons (Fsp3) is 0.533. The Labute approximate surface area is 119 Å². The molecule has 0 aliphatic carbocycles. The van der Waals surface area contributed by atoms with Gasteiger partial charge in [-0.05, 0) is 25.0 Å². The van der Waals surface area contributed by atoms with Gasteiger partial charge in [-0.25, -0.2) is 0 Å². The summed E-state index contributed by atoms with van der Waals surface area (Å²) in [5, 5.41) is 3.26. The average Bonchev–Trinajstić information content (AvgIpc) is 2.42. The number of aryl methyl sites for hydroxylation is 2. The molecule has 1 heterocycles. The van der Waals surface area contributed by atoms with E-state index in [4.69, 9.17) is 0 Å². The first kappa shape index (κ1) is 14.4. The molecule has 1 amide bonds. The summed E-state index contributed by atoms with van der Waals surface area (Å²) in [5.74, 6) is 1.79. The highest BCUT2D eigenvalue weighted by Crippen LogP contribution is 2.17. The standard InChI is InChI=1S/C15H22N2OS/c1-12-3-4-14(13(2)9-12)10-19-11-15(18)17-7-5-16-6-8-17/h3-4,9,16H,5-8,10-11H2,1-2H3. The molecule has 0 spiro atoms. The van der Waals surface area contributed by atoms with E-state index in [2.05, 4.69) is 37.4 Å². The lowest BCUT2D eigenvalue weighted by Crippen LogP contribution is -2.47. The Hall–Kier alpha value is -1.00. The summed E-state index contributed by atoms with van der Waals surface area (Å²) in [6.45, 7) is 7.80. The van der Waals surface area contributed by atoms with Gasteiger partial charge in [0.1, 0.15) is 0 Å². The van der Waals surface area contributed by atoms with E-state index in [0.29, 0.717) is 5.75 Å². The first-order valence-electron chi connectivity index (χ1n) is 6.79. The van der Waals surface area contributed by atoms with E-state index in [9.17, 15) is 4.79 Å². The summed E-state index contributed by atoms with van der Waals surface area (Å²) < 4.78 is 0. The molecule has 2 rings (SSSR count). The van der Waals surface area contributed by atoms with Crippen molar-refractivity contribution in [2.75, 3.05) is 31.9 Å². The van der Waals surface area contributed by atoms with Crippen LogP contribution < -0.4 is 5.32 Å². The molecule has 0 aromatic heterocycles. The molecule has 1 N–H and O–H groups in total. The SMILES string of the molecule is Cc1ccc(CSCC(=O)N2CCNCC2)c(C)c1. The number of nitrogens with one attached hydrogen (secondary N) is 1. The number of amides is 1. The number of nitrogens with zero attached hydrogens (tertiary/aromatic N) is 1. The second-order valence-electron chi connectivity index (χ2n) is 5.05. The number of thioether (sulfide) groups is 1. The highest BCUT2D eigenvalue weighted by molar-refractivity contribution is 7.99. The molecule has 4 heteroatoms. The number of hydrogen-bond donors (Lipinski definition) is 1. The number of rotatable bonds is 4. The minimum Gasteiger partial charge on any atom is -0.339 e. The van der Waals surface area contributed by atoms with Gasteiger partial charge in [0.05, 0.1) is 5.75 Å². The molecule has 1 aromatic rings. The zero-order chi connectivity index (χ0) is 13.7. The first-order chi connectivity index (χ1) is 9.16. The van der Waals surface area contributed by atoms with Crippen molar-refractivity contribution in [3.8, 4) is 0 Å². The van der Waals surface area contributed by atoms with Crippen molar-refractivity contribution in [1.29, 1.82) is 0 Å². The molecule has 1 aliphatic rings. The molecule has 1 fully saturated rings. The van der Waals surface area contributed by atoms with Crippen molar-refractivity contribution in [3.05, 3.63) is 34.9 Å². The predicted molar refractivity (Wildman–Crippen MR) is 81.5 cm³/mol. The van der Waals surface area contributed by atoms with E-state index in [0.717, 1.165) is 31.9 Å². The number of piperazine rings is 1. The van der Waals surface area contributed by atoms with Crippen LogP contribution in [0.5, 0.6) is 0 Å². The molecule has 0 atom stereocenters. The van der Waals surface area contributed by atoms with Gasteiger partial charge in [0.2, 0.25) is 5.91 Å². The van der Waals surface area contributed by atoms with Crippen molar-refractivity contribution >= 4 is 17.7 Å². The first-order valence-corrected chi connectivity index (χ1v) is 7.94. The monoisotopic (exact) mass is 278 g/mol. The Balaban J connectivity index is 1.78. The lowest BCUT2D eigenvalue weighted by molar-refractivity contribution is -0.128. The molecule has 0 radical (unpaired) electrons. The molecule has 1 aromatic carbocycles. The highest BCUT2D eigenvalue weighted by Gasteiger charge is 2.15. The minimum atomic E-state index is 0.274. The normalized spacial score (nSPS) is 15.6. The van der Waals surface area contributed by atoms with Gasteiger partial charge in [0.15, 0.2) is 0 Å². The van der Waals surface area contributed by atoms with E-state index >= 15 is 0 Å². The van der Waals surface area contributed by atoms with E-state index in [-0.39, 0.29) is 5.91 Å². The Morgan fingerprint density at radius 2 is 2.05 bits per heavy atom. The van der Waals surface area contributed by atoms with E-state index in [1.807, 2.05) is 4.90 Å². The number of hydrogen-bond acceptors (Lipinski definition) is 3. The van der Waals surface area contributed by atoms with Crippen LogP contribution >= 0.6 is 11.8 Å². The van der Waals surface area contributed by atoms with Crippen LogP contribution in [0.25, 0.3) is 0 Å². The number of carbonyl (C=O) groups is 1. The van der Waals surface area contributed by atoms with E-state index < -0.39 is 0 Å². The molecule has 1 aliphatic heterocycles. The molecule has 0 bridgehead atoms. The van der Waals surface area contributed by atoms with Crippen LogP contribution in [0.2, 0.25) is 0 Å². The van der Waals surface area contributed by atoms with Crippen molar-refractivity contribution < 1.29 is 4.79 Å². The summed E-state index contributed by atoms with van der Waals surface area (Å²) in [4.78, 5) is 14.0. The summed E-state index contributed by atoms with van der Waals surface area (Å²) in [5.41, 5.74) is 3.95. The predicted octanol–water partition coefficient (Wildman–Crippen LogP) is 1.97. The summed E-state index contributed by atoms with van der Waals surface area (Å²) in [7, 11) is 0. The topological polar surface area (TPSA) is 32.3 Å². The Bertz CT molecular complexity index is 442. The van der Waals surface area contributed by atoms with Crippen molar-refractivity contribution in [3.63, 3.8) is 0 Å². The van der Waals surface area contributed by atoms with Gasteiger partial charge in [0.25, 0.3) is 0 Å². The fourth-order valence-corrected chi connectivity index (χ4v) is 3.26. The van der Waals surface area contributed by atoms with Gasteiger partial charge in [-0.2, -0.15) is 0 Å². The Morgan fingerprint density at radius 1 is 1.32 bits per heavy atom. The summed E-state index contributed by atoms with van der Waals surface area (Å²) >= 11 is 1.72. The summed E-state index contributed by atoms with van der Waals surface area (Å²) in [6, 6.07) is 6.52. The second kappa shape index (κ2) is 6.96. The minimum absolute atomic E-state index is 0.274. The quantitative estimate of drug-likeness (QED) is 0.914. The second-order valence-corrected chi connectivity index (χ2v) is 6.04. The van der Waals surface area contributed by atoms with Crippen LogP contribution in [0.3, 0.4) is 0 Å². The molecule has 3 nitrogen and oxygen atoms in total. The van der Waals surface area contributed by atoms with Gasteiger partial charge in [0, 0.05) is 31.9 Å². The number of carbonyl (C=O) groups excluding carboxylic acids is 1. The Morgan fingerprint density at radius 3 is 2.74 bits per heavy atom. The average molecular weight is 278 g/mol. The Kier molecular flexibility index (Phi) is 5.28. The zero-order valence-electron chi connectivity index (χ0n) is 11.7. The molecule has 19 heavy (non-hydrogen) atoms. The van der Waals surface area contributed by atoms with Crippen molar-refractivity contribution in [2.45, 2.75) is 19.6 Å². The third kappa shape index (κ3) is 4.25. The van der Waals surface area contributed by atoms with Crippen molar-refractivity contribution in [1.82, 2.24) is 10.2 Å². The van der Waals surface area contributed by atoms with Crippen molar-refractivity contribution in [2.24, 2.45) is 0 Å². The van der Waals surface area contributed by atoms with Crippen LogP contribution in [0.4, 0.5) is 0 Å². The van der Waals surface area contributed by atoms with Crippen LogP contribution in [0.1, 0.15) is 16.7 Å². The lowest BCUT2D eigenvalue weighted by Gasteiger charge is -2.27. The zero-order valence-corrected chi connectivity index (χ0v) is 12.6. The van der Waals surface area contributed by atoms with E-state index in [1.54, 1.807) is 11.8 Å².